The predicted molar refractivity (Wildman–Crippen MR) is 122 cm³/mol. The van der Waals surface area contributed by atoms with Crippen molar-refractivity contribution in [2.45, 2.75) is 78.8 Å². The van der Waals surface area contributed by atoms with Gasteiger partial charge in [-0.3, -0.25) is 9.59 Å². The number of thiophene rings is 1. The van der Waals surface area contributed by atoms with Crippen molar-refractivity contribution in [1.82, 2.24) is 5.32 Å². The molecule has 0 saturated heterocycles. The SMILES string of the molecule is CCCc1cc2c(s1)CN[C@@H]1CCc3cc(OC(=O)C(C)(C)C)c(OC(C)=O)cc3[C@@H]21. The second-order valence-electron chi connectivity index (χ2n) is 9.58. The van der Waals surface area contributed by atoms with Crippen LogP contribution in [0.4, 0.5) is 0 Å². The first kappa shape index (κ1) is 22.0. The van der Waals surface area contributed by atoms with Crippen LogP contribution in [0.25, 0.3) is 0 Å². The third-order valence-electron chi connectivity index (χ3n) is 5.99. The number of aryl methyl sites for hydroxylation is 2. The number of benzene rings is 1. The molecule has 2 aromatic rings. The van der Waals surface area contributed by atoms with Gasteiger partial charge < -0.3 is 14.8 Å². The predicted octanol–water partition coefficient (Wildman–Crippen LogP) is 5.13. The first-order valence-electron chi connectivity index (χ1n) is 11.1. The Bertz CT molecular complexity index is 1020. The second kappa shape index (κ2) is 8.40. The van der Waals surface area contributed by atoms with E-state index in [1.54, 1.807) is 0 Å². The van der Waals surface area contributed by atoms with Gasteiger partial charge in [-0.2, -0.15) is 0 Å². The van der Waals surface area contributed by atoms with E-state index in [0.717, 1.165) is 43.4 Å². The van der Waals surface area contributed by atoms with Gasteiger partial charge in [0.05, 0.1) is 5.41 Å². The molecule has 31 heavy (non-hydrogen) atoms. The minimum Gasteiger partial charge on any atom is -0.423 e. The molecule has 2 heterocycles. The molecule has 0 spiro atoms. The van der Waals surface area contributed by atoms with E-state index in [-0.39, 0.29) is 11.9 Å². The highest BCUT2D eigenvalue weighted by atomic mass is 32.1. The van der Waals surface area contributed by atoms with Gasteiger partial charge in [0, 0.05) is 35.2 Å². The first-order chi connectivity index (χ1) is 14.7. The number of rotatable bonds is 4. The van der Waals surface area contributed by atoms with Crippen LogP contribution >= 0.6 is 11.3 Å². The number of nitrogens with one attached hydrogen (secondary N) is 1. The largest absolute Gasteiger partial charge is 0.423 e. The molecule has 2 aliphatic rings. The van der Waals surface area contributed by atoms with Gasteiger partial charge in [0.2, 0.25) is 0 Å². The van der Waals surface area contributed by atoms with Crippen molar-refractivity contribution < 1.29 is 19.1 Å². The molecule has 5 nitrogen and oxygen atoms in total. The molecule has 4 rings (SSSR count). The summed E-state index contributed by atoms with van der Waals surface area (Å²) in [5, 5.41) is 3.72. The third kappa shape index (κ3) is 4.41. The monoisotopic (exact) mass is 441 g/mol. The van der Waals surface area contributed by atoms with Crippen molar-refractivity contribution >= 4 is 23.3 Å². The van der Waals surface area contributed by atoms with Gasteiger partial charge in [0.1, 0.15) is 0 Å². The Morgan fingerprint density at radius 1 is 1.13 bits per heavy atom. The van der Waals surface area contributed by atoms with Gasteiger partial charge in [-0.05, 0) is 74.9 Å². The van der Waals surface area contributed by atoms with Crippen LogP contribution < -0.4 is 14.8 Å². The fourth-order valence-electron chi connectivity index (χ4n) is 4.49. The van der Waals surface area contributed by atoms with Crippen molar-refractivity contribution in [3.8, 4) is 11.5 Å². The number of hydrogen-bond acceptors (Lipinski definition) is 6. The average Bonchev–Trinajstić information content (AvgIpc) is 3.10. The van der Waals surface area contributed by atoms with Gasteiger partial charge in [-0.25, -0.2) is 0 Å². The van der Waals surface area contributed by atoms with E-state index in [2.05, 4.69) is 18.3 Å². The van der Waals surface area contributed by atoms with Crippen LogP contribution in [-0.2, 0) is 29.0 Å². The highest BCUT2D eigenvalue weighted by Gasteiger charge is 2.37. The minimum absolute atomic E-state index is 0.219. The Kier molecular flexibility index (Phi) is 5.97. The molecule has 0 fully saturated rings. The van der Waals surface area contributed by atoms with Gasteiger partial charge >= 0.3 is 11.9 Å². The molecule has 166 valence electrons. The summed E-state index contributed by atoms with van der Waals surface area (Å²) in [5.74, 6) is 0.0896. The summed E-state index contributed by atoms with van der Waals surface area (Å²) in [5.41, 5.74) is 3.07. The Morgan fingerprint density at radius 2 is 1.87 bits per heavy atom. The highest BCUT2D eigenvalue weighted by Crippen LogP contribution is 2.47. The Morgan fingerprint density at radius 3 is 2.55 bits per heavy atom. The van der Waals surface area contributed by atoms with E-state index >= 15 is 0 Å². The highest BCUT2D eigenvalue weighted by molar-refractivity contribution is 7.12. The third-order valence-corrected chi connectivity index (χ3v) is 7.20. The first-order valence-corrected chi connectivity index (χ1v) is 11.9. The average molecular weight is 442 g/mol. The van der Waals surface area contributed by atoms with Gasteiger partial charge in [0.25, 0.3) is 0 Å². The minimum atomic E-state index is -0.650. The zero-order valence-corrected chi connectivity index (χ0v) is 19.8. The maximum Gasteiger partial charge on any atom is 0.316 e. The molecule has 0 radical (unpaired) electrons. The number of carbonyl (C=O) groups excluding carboxylic acids is 2. The quantitative estimate of drug-likeness (QED) is 0.527. The van der Waals surface area contributed by atoms with E-state index in [9.17, 15) is 9.59 Å². The number of hydrogen-bond donors (Lipinski definition) is 1. The molecule has 2 atom stereocenters. The molecule has 0 amide bonds. The standard InChI is InChI=1S/C25H31NO4S/c1-6-7-16-11-18-22(31-16)13-26-19-9-8-15-10-20(30-24(28)25(3,4)5)21(29-14(2)27)12-17(15)23(18)19/h10-12,19,23,26H,6-9,13H2,1-5H3/t19-,23+/m1/s1. The van der Waals surface area contributed by atoms with Crippen LogP contribution in [0.1, 0.15) is 79.8 Å². The zero-order chi connectivity index (χ0) is 22.3. The molecule has 1 N–H and O–H groups in total. The van der Waals surface area contributed by atoms with Crippen LogP contribution in [-0.4, -0.2) is 18.0 Å². The molecule has 0 bridgehead atoms. The topological polar surface area (TPSA) is 64.6 Å². The van der Waals surface area contributed by atoms with E-state index in [4.69, 9.17) is 9.47 Å². The van der Waals surface area contributed by atoms with Crippen LogP contribution in [0.3, 0.4) is 0 Å². The summed E-state index contributed by atoms with van der Waals surface area (Å²) in [7, 11) is 0. The molecule has 1 aliphatic heterocycles. The van der Waals surface area contributed by atoms with Crippen molar-refractivity contribution in [1.29, 1.82) is 0 Å². The summed E-state index contributed by atoms with van der Waals surface area (Å²) in [6.07, 6.45) is 4.15. The maximum atomic E-state index is 12.5. The van der Waals surface area contributed by atoms with E-state index in [0.29, 0.717) is 17.5 Å². The van der Waals surface area contributed by atoms with Crippen LogP contribution in [0, 0.1) is 5.41 Å². The van der Waals surface area contributed by atoms with E-state index in [1.165, 1.54) is 22.2 Å². The Hall–Kier alpha value is -2.18. The molecule has 1 aliphatic carbocycles. The zero-order valence-electron chi connectivity index (χ0n) is 19.0. The van der Waals surface area contributed by atoms with Crippen LogP contribution in [0.2, 0.25) is 0 Å². The number of ether oxygens (including phenoxy) is 2. The van der Waals surface area contributed by atoms with Gasteiger partial charge in [-0.15, -0.1) is 11.3 Å². The summed E-state index contributed by atoms with van der Waals surface area (Å²) in [6.45, 7) is 9.92. The smallest absolute Gasteiger partial charge is 0.316 e. The molecular weight excluding hydrogens is 410 g/mol. The van der Waals surface area contributed by atoms with Crippen molar-refractivity contribution in [2.75, 3.05) is 0 Å². The summed E-state index contributed by atoms with van der Waals surface area (Å²) < 4.78 is 11.2. The molecule has 1 aromatic carbocycles. The molecule has 1 aromatic heterocycles. The fraction of sp³-hybridized carbons (Fsp3) is 0.520. The molecule has 0 unspecified atom stereocenters. The van der Waals surface area contributed by atoms with Crippen molar-refractivity contribution in [3.05, 3.63) is 44.6 Å². The van der Waals surface area contributed by atoms with Crippen LogP contribution in [0.5, 0.6) is 11.5 Å². The lowest BCUT2D eigenvalue weighted by Gasteiger charge is -2.38. The summed E-state index contributed by atoms with van der Waals surface area (Å²) in [6, 6.07) is 6.56. The lowest BCUT2D eigenvalue weighted by molar-refractivity contribution is -0.143. The number of fused-ring (bicyclic) bond motifs is 5. The fourth-order valence-corrected chi connectivity index (χ4v) is 5.75. The van der Waals surface area contributed by atoms with E-state index in [1.807, 2.05) is 44.2 Å². The van der Waals surface area contributed by atoms with Crippen molar-refractivity contribution in [2.24, 2.45) is 5.41 Å². The van der Waals surface area contributed by atoms with E-state index < -0.39 is 11.4 Å². The summed E-state index contributed by atoms with van der Waals surface area (Å²) in [4.78, 5) is 27.2. The van der Waals surface area contributed by atoms with Crippen molar-refractivity contribution in [3.63, 3.8) is 0 Å². The Labute approximate surface area is 188 Å². The van der Waals surface area contributed by atoms with Crippen LogP contribution in [0.15, 0.2) is 18.2 Å². The summed E-state index contributed by atoms with van der Waals surface area (Å²) >= 11 is 1.90. The molecule has 6 heteroatoms. The van der Waals surface area contributed by atoms with Gasteiger partial charge in [-0.1, -0.05) is 13.3 Å². The maximum absolute atomic E-state index is 12.5. The molecular formula is C25H31NO4S. The second-order valence-corrected chi connectivity index (χ2v) is 10.8. The Balaban J connectivity index is 1.78. The number of carbonyl (C=O) groups is 2. The molecule has 0 saturated carbocycles. The lowest BCUT2D eigenvalue weighted by atomic mass is 9.74. The lowest BCUT2D eigenvalue weighted by Crippen LogP contribution is -2.42. The normalized spacial score (nSPS) is 19.8. The van der Waals surface area contributed by atoms with Gasteiger partial charge in [0.15, 0.2) is 11.5 Å². The number of esters is 2.